The Kier molecular flexibility index (Phi) is 58.7. The number of H-pyrrole nitrogens is 1. The Bertz CT molecular complexity index is 3250. The first-order valence-corrected chi connectivity index (χ1v) is 29.7. The number of carbonyl (C=O) groups is 11. The van der Waals surface area contributed by atoms with E-state index in [4.69, 9.17) is 119 Å². The number of oxazole rings is 1. The molecule has 0 aliphatic rings. The van der Waals surface area contributed by atoms with E-state index in [0.717, 1.165) is 4.88 Å². The third kappa shape index (κ3) is 58.2. The van der Waals surface area contributed by atoms with Crippen LogP contribution in [0, 0.1) is 0 Å². The van der Waals surface area contributed by atoms with Gasteiger partial charge in [0, 0.05) is 123 Å². The molecule has 0 fully saturated rings. The molecule has 58 nitrogen and oxygen atoms in total. The highest BCUT2D eigenvalue weighted by Crippen LogP contribution is 2.15. The van der Waals surface area contributed by atoms with Crippen molar-refractivity contribution in [2.75, 3.05) is 65.5 Å². The zero-order valence-electron chi connectivity index (χ0n) is 54.9. The van der Waals surface area contributed by atoms with Crippen LogP contribution in [-0.4, -0.2) is 235 Å². The van der Waals surface area contributed by atoms with Crippen molar-refractivity contribution in [1.82, 2.24) is 52.0 Å². The number of azide groups is 7. The monoisotopic (exact) mass is 1510 g/mol. The maximum atomic E-state index is 11.0. The van der Waals surface area contributed by atoms with E-state index in [1.807, 2.05) is 0 Å². The van der Waals surface area contributed by atoms with Crippen LogP contribution in [0.25, 0.3) is 73.1 Å². The molecule has 0 radical (unpaired) electrons. The standard InChI is InChI=1S/C7H9N5O3.2C7H13N5O3.C7H9N5O2S.C6H9N7O2.C6H12N6O3.C6H11N5O4/c8-5(7(13)14)1-6-10-2-4(15-6)3-11-12-9;8-5(7(14)15)1-2-6(13)10-3-4-11-12-9;8-5(7(14)15)4-10-6(13)2-1-3-11-12-9;8-5(7(13)14)1-6-10-2-4(15-6)3-11-12-9;7-3(6(14)15)1-4-5(2-9-12-8)11-13-10-4;7-4(5(13)14)3-10-6(15)9-1-2-11-12-8;7-4(5(12)13)3-9-6(14)15-2-1-10-11-8/h2,5H,1,3,8H2,(H,13,14);2*5H,1-4,8H2,(H,10,13)(H,14,15);2,5H,1,3,8H2,(H,13,14);3H,1-2,7H2,(H,14,15)(H,10,11,13);4H,1-3,7H2,(H,13,14)(H2,9,10,15);4H,1-3,7H2,(H,9,14)(H,12,13)/t4*5-;3-;2*4-/m0000000/s1. The van der Waals surface area contributed by atoms with Gasteiger partial charge in [-0.15, -0.1) is 11.3 Å². The highest BCUT2D eigenvalue weighted by atomic mass is 32.1. The lowest BCUT2D eigenvalue weighted by molar-refractivity contribution is -0.139. The summed E-state index contributed by atoms with van der Waals surface area (Å²) < 4.78 is 9.60. The topological polar surface area (TPSA) is 1000 Å². The molecule has 0 bridgehead atoms. The minimum absolute atomic E-state index is 0.00556. The van der Waals surface area contributed by atoms with Gasteiger partial charge in [0.1, 0.15) is 48.1 Å². The zero-order valence-corrected chi connectivity index (χ0v) is 55.7. The van der Waals surface area contributed by atoms with Crippen LogP contribution in [-0.2, 0) is 86.8 Å². The predicted molar refractivity (Wildman–Crippen MR) is 355 cm³/mol. The molecular weight excluding hydrogens is 1440 g/mol. The van der Waals surface area contributed by atoms with Crippen molar-refractivity contribution in [2.24, 2.45) is 75.9 Å². The smallest absolute Gasteiger partial charge is 0.407 e. The minimum atomic E-state index is -1.22. The van der Waals surface area contributed by atoms with Gasteiger partial charge in [-0.05, 0) is 51.6 Å². The maximum Gasteiger partial charge on any atom is 0.407 e. The first kappa shape index (κ1) is 98.0. The van der Waals surface area contributed by atoms with Gasteiger partial charge in [-0.25, -0.2) is 19.6 Å². The fourth-order valence-corrected chi connectivity index (χ4v) is 6.36. The molecule has 3 aromatic heterocycles. The molecule has 105 heavy (non-hydrogen) atoms. The third-order valence-corrected chi connectivity index (χ3v) is 11.7. The molecule has 3 heterocycles. The Morgan fingerprint density at radius 3 is 1.44 bits per heavy atom. The summed E-state index contributed by atoms with van der Waals surface area (Å²) in [6, 6.07) is -8.00. The first-order chi connectivity index (χ1) is 49.7. The van der Waals surface area contributed by atoms with E-state index in [1.54, 1.807) is 6.20 Å². The van der Waals surface area contributed by atoms with Gasteiger partial charge in [0.05, 0.1) is 61.8 Å². The van der Waals surface area contributed by atoms with Gasteiger partial charge in [-0.3, -0.25) is 43.2 Å². The summed E-state index contributed by atoms with van der Waals surface area (Å²) in [5.41, 5.74) is 93.3. The van der Waals surface area contributed by atoms with E-state index >= 15 is 0 Å². The minimum Gasteiger partial charge on any atom is -0.480 e. The van der Waals surface area contributed by atoms with Crippen LogP contribution in [0.15, 0.2) is 52.6 Å². The molecular formula is C46H76N38O20S. The number of rotatable bonds is 41. The van der Waals surface area contributed by atoms with Gasteiger partial charge < -0.3 is 112 Å². The molecule has 5 amide bonds. The molecule has 7 atom stereocenters. The number of carboxylic acid groups (broad SMARTS) is 7. The number of hydrogen-bond acceptors (Lipinski definition) is 32. The van der Waals surface area contributed by atoms with Gasteiger partial charge in [0.25, 0.3) is 0 Å². The first-order valence-electron chi connectivity index (χ1n) is 28.9. The molecule has 0 aromatic carbocycles. The summed E-state index contributed by atoms with van der Waals surface area (Å²) in [6.45, 7) is 0.735. The summed E-state index contributed by atoms with van der Waals surface area (Å²) in [5.74, 6) is -8.01. The van der Waals surface area contributed by atoms with Crippen LogP contribution < -0.4 is 66.7 Å². The summed E-state index contributed by atoms with van der Waals surface area (Å²) in [6.07, 6.45) is 3.11. The highest BCUT2D eigenvalue weighted by Gasteiger charge is 2.20. The van der Waals surface area contributed by atoms with E-state index in [0.29, 0.717) is 28.6 Å². The molecule has 0 spiro atoms. The van der Waals surface area contributed by atoms with Crippen molar-refractivity contribution in [3.05, 3.63) is 118 Å². The molecule has 3 rings (SSSR count). The average molecular weight is 1510 g/mol. The average Bonchev–Trinajstić information content (AvgIpc) is 1.77. The number of aliphatic carboxylic acids is 7. The number of nitrogens with zero attached hydrogens (tertiary/aromatic N) is 25. The molecule has 59 heteroatoms. The molecule has 0 saturated carbocycles. The highest BCUT2D eigenvalue weighted by molar-refractivity contribution is 7.11. The van der Waals surface area contributed by atoms with E-state index in [9.17, 15) is 52.7 Å². The second-order valence-corrected chi connectivity index (χ2v) is 20.0. The SMILES string of the molecule is [N-]=[N+]=NCCCC(=O)NC[C@H](N)C(=O)O.[N-]=[N+]=NCCNC(=O)CC[C@H](N)C(=O)O.[N-]=[N+]=NCCNC(=O)NC[C@H](N)C(=O)O.[N-]=[N+]=NCCOC(=O)NC[C@H](N)C(=O)O.[N-]=[N+]=NCc1cnc(C[C@H](N)C(=O)O)o1.[N-]=[N+]=NCc1cnc(C[C@H](N)C(=O)O)s1.[N-]=[N+]=NCc1n[nH]nc1C[C@H](N)C(=O)O. The van der Waals surface area contributed by atoms with Crippen LogP contribution in [0.1, 0.15) is 58.6 Å². The van der Waals surface area contributed by atoms with Gasteiger partial charge in [-0.1, -0.05) is 35.8 Å². The lowest BCUT2D eigenvalue weighted by Crippen LogP contribution is -2.46. The number of urea groups is 1. The number of thiazole rings is 1. The number of aromatic amines is 1. The number of ether oxygens (including phenoxy) is 1. The summed E-state index contributed by atoms with van der Waals surface area (Å²) in [4.78, 5) is 143. The number of nitrogens with one attached hydrogen (secondary N) is 6. The van der Waals surface area contributed by atoms with Crippen LogP contribution >= 0.6 is 11.3 Å². The fraction of sp³-hybridized carbons (Fsp3) is 0.587. The number of nitrogens with two attached hydrogens (primary N) is 7. The quantitative estimate of drug-likeness (QED) is 0.0134. The fourth-order valence-electron chi connectivity index (χ4n) is 5.46. The van der Waals surface area contributed by atoms with Crippen LogP contribution in [0.4, 0.5) is 9.59 Å². The number of carboxylic acids is 7. The number of carbonyl (C=O) groups excluding carboxylic acids is 4. The maximum absolute atomic E-state index is 11.0. The van der Waals surface area contributed by atoms with Crippen LogP contribution in [0.3, 0.4) is 0 Å². The molecule has 576 valence electrons. The largest absolute Gasteiger partial charge is 0.480 e. The van der Waals surface area contributed by atoms with Crippen LogP contribution in [0.2, 0.25) is 0 Å². The normalized spacial score (nSPS) is 11.4. The zero-order chi connectivity index (χ0) is 80.5. The van der Waals surface area contributed by atoms with E-state index in [-0.39, 0.29) is 141 Å². The summed E-state index contributed by atoms with van der Waals surface area (Å²) >= 11 is 1.30. The Hall–Kier alpha value is -13.4. The molecule has 0 saturated heterocycles. The Labute approximate surface area is 591 Å². The molecule has 3 aromatic rings. The van der Waals surface area contributed by atoms with Crippen molar-refractivity contribution in [3.63, 3.8) is 0 Å². The Morgan fingerprint density at radius 1 is 0.476 bits per heavy atom. The molecule has 27 N–H and O–H groups in total. The van der Waals surface area contributed by atoms with Gasteiger partial charge in [0.2, 0.25) is 11.8 Å². The lowest BCUT2D eigenvalue weighted by Gasteiger charge is -2.08. The van der Waals surface area contributed by atoms with Crippen molar-refractivity contribution in [2.45, 2.75) is 107 Å². The van der Waals surface area contributed by atoms with Crippen molar-refractivity contribution in [1.29, 1.82) is 0 Å². The van der Waals surface area contributed by atoms with E-state index in [1.165, 1.54) is 17.5 Å². The van der Waals surface area contributed by atoms with Crippen molar-refractivity contribution in [3.8, 4) is 0 Å². The molecule has 0 aliphatic carbocycles. The van der Waals surface area contributed by atoms with Crippen molar-refractivity contribution < 1.29 is 97.6 Å². The number of alkyl carbamates (subject to hydrolysis) is 1. The third-order valence-electron chi connectivity index (χ3n) is 10.7. The summed E-state index contributed by atoms with van der Waals surface area (Å²) in [7, 11) is 0. The van der Waals surface area contributed by atoms with E-state index < -0.39 is 96.2 Å². The lowest BCUT2D eigenvalue weighted by atomic mass is 10.1. The number of hydrogen-bond donors (Lipinski definition) is 20. The molecule has 0 unspecified atom stereocenters. The van der Waals surface area contributed by atoms with E-state index in [2.05, 4.69) is 127 Å². The van der Waals surface area contributed by atoms with Gasteiger partial charge >= 0.3 is 53.9 Å². The number of aromatic nitrogens is 5. The molecule has 0 aliphatic heterocycles. The van der Waals surface area contributed by atoms with Gasteiger partial charge in [-0.2, -0.15) is 15.4 Å². The second kappa shape index (κ2) is 62.9. The summed E-state index contributed by atoms with van der Waals surface area (Å²) in [5, 5.41) is 104. The second-order valence-electron chi connectivity index (χ2n) is 18.8. The van der Waals surface area contributed by atoms with Crippen LogP contribution in [0.5, 0.6) is 0 Å². The van der Waals surface area contributed by atoms with Gasteiger partial charge in [0.15, 0.2) is 5.89 Å². The number of amides is 5. The predicted octanol–water partition coefficient (Wildman–Crippen LogP) is -1.43. The Balaban J connectivity index is -0.000000567. The Morgan fingerprint density at radius 2 is 0.914 bits per heavy atom. The van der Waals surface area contributed by atoms with Crippen molar-refractivity contribution >= 4 is 77.1 Å².